The van der Waals surface area contributed by atoms with Crippen molar-refractivity contribution in [1.29, 1.82) is 0 Å². The maximum Gasteiger partial charge on any atom is 0.225 e. The molecule has 0 saturated carbocycles. The van der Waals surface area contributed by atoms with Crippen LogP contribution in [-0.4, -0.2) is 21.9 Å². The van der Waals surface area contributed by atoms with Gasteiger partial charge in [0.2, 0.25) is 5.91 Å². The van der Waals surface area contributed by atoms with Gasteiger partial charge in [-0.25, -0.2) is 9.97 Å². The smallest absolute Gasteiger partial charge is 0.225 e. The van der Waals surface area contributed by atoms with E-state index in [9.17, 15) is 4.79 Å². The van der Waals surface area contributed by atoms with Crippen LogP contribution in [0.3, 0.4) is 0 Å². The van der Waals surface area contributed by atoms with Gasteiger partial charge in [0.25, 0.3) is 0 Å². The van der Waals surface area contributed by atoms with Crippen molar-refractivity contribution >= 4 is 5.91 Å². The summed E-state index contributed by atoms with van der Waals surface area (Å²) < 4.78 is 0. The molecule has 0 fully saturated rings. The predicted molar refractivity (Wildman–Crippen MR) is 52.3 cm³/mol. The van der Waals surface area contributed by atoms with Gasteiger partial charge in [-0.05, 0) is 13.0 Å². The predicted octanol–water partition coefficient (Wildman–Crippen LogP) is -0.606. The van der Waals surface area contributed by atoms with Crippen molar-refractivity contribution in [2.75, 3.05) is 0 Å². The summed E-state index contributed by atoms with van der Waals surface area (Å²) in [5, 5.41) is 0. The van der Waals surface area contributed by atoms with Crippen molar-refractivity contribution < 1.29 is 4.79 Å². The third-order valence-corrected chi connectivity index (χ3v) is 1.63. The normalized spacial score (nSPS) is 12.4. The second-order valence-electron chi connectivity index (χ2n) is 3.29. The standard InChI is InChI=1S/C9H14N4O/c1-6(10)4-7-2-3-12-9(13-7)5-8(11)14/h2-3,6H,4-5,10H2,1H3,(H2,11,14). The van der Waals surface area contributed by atoms with Crippen molar-refractivity contribution in [2.45, 2.75) is 25.8 Å². The lowest BCUT2D eigenvalue weighted by Crippen LogP contribution is -2.20. The molecule has 1 aromatic rings. The fourth-order valence-electron chi connectivity index (χ4n) is 1.13. The Morgan fingerprint density at radius 2 is 2.36 bits per heavy atom. The number of rotatable bonds is 4. The van der Waals surface area contributed by atoms with E-state index in [1.165, 1.54) is 0 Å². The minimum Gasteiger partial charge on any atom is -0.369 e. The van der Waals surface area contributed by atoms with Crippen LogP contribution in [0, 0.1) is 0 Å². The molecule has 1 unspecified atom stereocenters. The molecule has 0 aliphatic rings. The van der Waals surface area contributed by atoms with Crippen molar-refractivity contribution in [2.24, 2.45) is 11.5 Å². The molecule has 0 aromatic carbocycles. The third-order valence-electron chi connectivity index (χ3n) is 1.63. The lowest BCUT2D eigenvalue weighted by atomic mass is 10.2. The lowest BCUT2D eigenvalue weighted by Gasteiger charge is -2.04. The van der Waals surface area contributed by atoms with Crippen LogP contribution in [0.25, 0.3) is 0 Å². The van der Waals surface area contributed by atoms with E-state index in [0.29, 0.717) is 12.2 Å². The zero-order valence-corrected chi connectivity index (χ0v) is 8.10. The summed E-state index contributed by atoms with van der Waals surface area (Å²) in [5.74, 6) is 0.0265. The SMILES string of the molecule is CC(N)Cc1ccnc(CC(N)=O)n1. The molecule has 0 aliphatic carbocycles. The zero-order valence-electron chi connectivity index (χ0n) is 8.10. The summed E-state index contributed by atoms with van der Waals surface area (Å²) in [6, 6.07) is 1.83. The molecule has 5 nitrogen and oxygen atoms in total. The first kappa shape index (κ1) is 10.6. The molecule has 5 heteroatoms. The van der Waals surface area contributed by atoms with Gasteiger partial charge < -0.3 is 11.5 Å². The Labute approximate surface area is 82.5 Å². The number of aromatic nitrogens is 2. The minimum absolute atomic E-state index is 0.0475. The Morgan fingerprint density at radius 1 is 1.64 bits per heavy atom. The van der Waals surface area contributed by atoms with Crippen molar-refractivity contribution in [1.82, 2.24) is 9.97 Å². The second-order valence-corrected chi connectivity index (χ2v) is 3.29. The number of hydrogen-bond donors (Lipinski definition) is 2. The van der Waals surface area contributed by atoms with Gasteiger partial charge in [0.1, 0.15) is 5.82 Å². The number of nitrogens with two attached hydrogens (primary N) is 2. The van der Waals surface area contributed by atoms with Gasteiger partial charge in [0.05, 0.1) is 6.42 Å². The quantitative estimate of drug-likeness (QED) is 0.668. The summed E-state index contributed by atoms with van der Waals surface area (Å²) in [7, 11) is 0. The highest BCUT2D eigenvalue weighted by Crippen LogP contribution is 1.99. The molecule has 1 amide bonds. The highest BCUT2D eigenvalue weighted by atomic mass is 16.1. The Hall–Kier alpha value is -1.49. The molecular weight excluding hydrogens is 180 g/mol. The summed E-state index contributed by atoms with van der Waals surface area (Å²) >= 11 is 0. The van der Waals surface area contributed by atoms with Gasteiger partial charge in [-0.3, -0.25) is 4.79 Å². The monoisotopic (exact) mass is 194 g/mol. The first-order chi connectivity index (χ1) is 6.58. The molecule has 1 heterocycles. The molecule has 14 heavy (non-hydrogen) atoms. The maximum absolute atomic E-state index is 10.6. The van der Waals surface area contributed by atoms with Crippen molar-refractivity contribution in [3.8, 4) is 0 Å². The van der Waals surface area contributed by atoms with Gasteiger partial charge in [-0.1, -0.05) is 0 Å². The number of carbonyl (C=O) groups excluding carboxylic acids is 1. The highest BCUT2D eigenvalue weighted by molar-refractivity contribution is 5.75. The van der Waals surface area contributed by atoms with Crippen LogP contribution in [0.1, 0.15) is 18.4 Å². The van der Waals surface area contributed by atoms with E-state index in [0.717, 1.165) is 5.69 Å². The third kappa shape index (κ3) is 3.49. The topological polar surface area (TPSA) is 94.9 Å². The van der Waals surface area contributed by atoms with Gasteiger partial charge in [0, 0.05) is 24.4 Å². The second kappa shape index (κ2) is 4.66. The summed E-state index contributed by atoms with van der Waals surface area (Å²) in [6.45, 7) is 1.90. The van der Waals surface area contributed by atoms with E-state index in [2.05, 4.69) is 9.97 Å². The number of nitrogens with zero attached hydrogens (tertiary/aromatic N) is 2. The Kier molecular flexibility index (Phi) is 3.53. The van der Waals surface area contributed by atoms with E-state index >= 15 is 0 Å². The summed E-state index contributed by atoms with van der Waals surface area (Å²) in [5.41, 5.74) is 11.5. The number of carbonyl (C=O) groups is 1. The van der Waals surface area contributed by atoms with E-state index in [1.54, 1.807) is 12.3 Å². The van der Waals surface area contributed by atoms with Crippen LogP contribution in [0.15, 0.2) is 12.3 Å². The molecule has 0 spiro atoms. The zero-order chi connectivity index (χ0) is 10.6. The Morgan fingerprint density at radius 3 is 2.93 bits per heavy atom. The Balaban J connectivity index is 2.73. The minimum atomic E-state index is -0.428. The van der Waals surface area contributed by atoms with Crippen molar-refractivity contribution in [3.05, 3.63) is 23.8 Å². The average Bonchev–Trinajstić information content (AvgIpc) is 2.01. The summed E-state index contributed by atoms with van der Waals surface area (Å²) in [4.78, 5) is 18.7. The van der Waals surface area contributed by atoms with E-state index in [4.69, 9.17) is 11.5 Å². The molecular formula is C9H14N4O. The van der Waals surface area contributed by atoms with Crippen LogP contribution in [0.4, 0.5) is 0 Å². The molecule has 1 atom stereocenters. The fraction of sp³-hybridized carbons (Fsp3) is 0.444. The molecule has 1 aromatic heterocycles. The van der Waals surface area contributed by atoms with Gasteiger partial charge >= 0.3 is 0 Å². The Bertz CT molecular complexity index is 324. The largest absolute Gasteiger partial charge is 0.369 e. The average molecular weight is 194 g/mol. The van der Waals surface area contributed by atoms with Gasteiger partial charge in [-0.15, -0.1) is 0 Å². The van der Waals surface area contributed by atoms with Crippen LogP contribution >= 0.6 is 0 Å². The van der Waals surface area contributed by atoms with Crippen LogP contribution < -0.4 is 11.5 Å². The van der Waals surface area contributed by atoms with Crippen molar-refractivity contribution in [3.63, 3.8) is 0 Å². The van der Waals surface area contributed by atoms with Crippen LogP contribution in [-0.2, 0) is 17.6 Å². The van der Waals surface area contributed by atoms with E-state index < -0.39 is 5.91 Å². The number of hydrogen-bond acceptors (Lipinski definition) is 4. The molecule has 0 aliphatic heterocycles. The number of amides is 1. The highest BCUT2D eigenvalue weighted by Gasteiger charge is 2.04. The fourth-order valence-corrected chi connectivity index (χ4v) is 1.13. The van der Waals surface area contributed by atoms with E-state index in [-0.39, 0.29) is 12.5 Å². The molecule has 1 rings (SSSR count). The molecule has 4 N–H and O–H groups in total. The lowest BCUT2D eigenvalue weighted by molar-refractivity contribution is -0.117. The first-order valence-corrected chi connectivity index (χ1v) is 4.42. The molecule has 0 bridgehead atoms. The van der Waals surface area contributed by atoms with Crippen LogP contribution in [0.2, 0.25) is 0 Å². The van der Waals surface area contributed by atoms with Gasteiger partial charge in [0.15, 0.2) is 0 Å². The maximum atomic E-state index is 10.6. The van der Waals surface area contributed by atoms with Gasteiger partial charge in [-0.2, -0.15) is 0 Å². The summed E-state index contributed by atoms with van der Waals surface area (Å²) in [6.07, 6.45) is 2.37. The van der Waals surface area contributed by atoms with E-state index in [1.807, 2.05) is 6.92 Å². The molecule has 0 saturated heterocycles. The molecule has 76 valence electrons. The van der Waals surface area contributed by atoms with Crippen LogP contribution in [0.5, 0.6) is 0 Å². The first-order valence-electron chi connectivity index (χ1n) is 4.42. The number of primary amides is 1. The molecule has 0 radical (unpaired) electrons.